The van der Waals surface area contributed by atoms with Gasteiger partial charge in [0.25, 0.3) is 0 Å². The summed E-state index contributed by atoms with van der Waals surface area (Å²) >= 11 is 6.37. The van der Waals surface area contributed by atoms with Crippen molar-refractivity contribution in [2.75, 3.05) is 0 Å². The van der Waals surface area contributed by atoms with Gasteiger partial charge in [0.05, 0.1) is 5.52 Å². The van der Waals surface area contributed by atoms with Gasteiger partial charge >= 0.3 is 0 Å². The Labute approximate surface area is 121 Å². The molecule has 20 heavy (non-hydrogen) atoms. The van der Waals surface area contributed by atoms with E-state index < -0.39 is 0 Å². The maximum Gasteiger partial charge on any atom is 0.156 e. The minimum Gasteiger partial charge on any atom is -0.298 e. The lowest BCUT2D eigenvalue weighted by atomic mass is 10.1. The van der Waals surface area contributed by atoms with Crippen molar-refractivity contribution in [3.63, 3.8) is 0 Å². The molecule has 0 bridgehead atoms. The number of halogens is 1. The number of nitrogens with zero attached hydrogens (tertiary/aromatic N) is 2. The Morgan fingerprint density at radius 1 is 0.850 bits per heavy atom. The highest BCUT2D eigenvalue weighted by atomic mass is 35.5. The zero-order valence-corrected chi connectivity index (χ0v) is 11.4. The molecule has 0 unspecified atom stereocenters. The van der Waals surface area contributed by atoms with Gasteiger partial charge in [0, 0.05) is 17.1 Å². The normalized spacial score (nSPS) is 11.2. The van der Waals surface area contributed by atoms with Gasteiger partial charge in [0.2, 0.25) is 0 Å². The molecule has 0 spiro atoms. The number of fused-ring (bicyclic) bond motifs is 3. The highest BCUT2D eigenvalue weighted by molar-refractivity contribution is 6.34. The Balaban J connectivity index is 2.13. The molecule has 0 saturated heterocycles. The van der Waals surface area contributed by atoms with Crippen LogP contribution in [0, 0.1) is 0 Å². The maximum absolute atomic E-state index is 6.37. The number of pyridine rings is 1. The standard InChI is InChI=1S/C17H11ClN2/c18-16-15-14-9-5-4-6-12(14)10-11-20(15)17(19-16)13-7-2-1-3-8-13/h1-11H. The first-order chi connectivity index (χ1) is 9.84. The van der Waals surface area contributed by atoms with Gasteiger partial charge in [0.15, 0.2) is 5.15 Å². The minimum atomic E-state index is 0.542. The maximum atomic E-state index is 6.37. The molecule has 0 N–H and O–H groups in total. The number of aromatic nitrogens is 2. The second kappa shape index (κ2) is 4.36. The van der Waals surface area contributed by atoms with E-state index >= 15 is 0 Å². The highest BCUT2D eigenvalue weighted by Crippen LogP contribution is 2.30. The van der Waals surface area contributed by atoms with E-state index in [4.69, 9.17) is 11.6 Å². The summed E-state index contributed by atoms with van der Waals surface area (Å²) in [6, 6.07) is 20.4. The monoisotopic (exact) mass is 278 g/mol. The van der Waals surface area contributed by atoms with E-state index in [0.717, 1.165) is 22.3 Å². The van der Waals surface area contributed by atoms with Crippen LogP contribution in [-0.4, -0.2) is 9.38 Å². The van der Waals surface area contributed by atoms with Crippen molar-refractivity contribution in [1.29, 1.82) is 0 Å². The summed E-state index contributed by atoms with van der Waals surface area (Å²) in [4.78, 5) is 4.54. The van der Waals surface area contributed by atoms with Crippen LogP contribution in [0.1, 0.15) is 0 Å². The molecule has 0 fully saturated rings. The minimum absolute atomic E-state index is 0.542. The second-order valence-corrected chi connectivity index (χ2v) is 5.07. The Bertz CT molecular complexity index is 910. The van der Waals surface area contributed by atoms with Crippen LogP contribution in [0.25, 0.3) is 27.7 Å². The Morgan fingerprint density at radius 3 is 2.45 bits per heavy atom. The van der Waals surface area contributed by atoms with Crippen molar-refractivity contribution < 1.29 is 0 Å². The Kier molecular flexibility index (Phi) is 2.51. The van der Waals surface area contributed by atoms with Gasteiger partial charge in [-0.1, -0.05) is 66.2 Å². The van der Waals surface area contributed by atoms with E-state index in [1.807, 2.05) is 48.7 Å². The lowest BCUT2D eigenvalue weighted by molar-refractivity contribution is 1.17. The van der Waals surface area contributed by atoms with Crippen LogP contribution < -0.4 is 0 Å². The van der Waals surface area contributed by atoms with Crippen molar-refractivity contribution in [2.45, 2.75) is 0 Å². The Morgan fingerprint density at radius 2 is 1.60 bits per heavy atom. The third-order valence-corrected chi connectivity index (χ3v) is 3.78. The molecule has 2 heterocycles. The number of rotatable bonds is 1. The molecule has 0 aliphatic rings. The first-order valence-corrected chi connectivity index (χ1v) is 6.83. The SMILES string of the molecule is Clc1nc(-c2ccccc2)n2ccc3ccccc3c12. The number of imidazole rings is 1. The molecule has 2 aromatic heterocycles. The van der Waals surface area contributed by atoms with E-state index in [0.29, 0.717) is 5.15 Å². The first-order valence-electron chi connectivity index (χ1n) is 6.45. The summed E-state index contributed by atoms with van der Waals surface area (Å²) < 4.78 is 2.06. The Hall–Kier alpha value is -2.32. The number of hydrogen-bond acceptors (Lipinski definition) is 1. The quantitative estimate of drug-likeness (QED) is 0.488. The molecule has 4 rings (SSSR count). The molecule has 0 aliphatic heterocycles. The third kappa shape index (κ3) is 1.62. The van der Waals surface area contributed by atoms with Crippen LogP contribution in [0.15, 0.2) is 66.9 Å². The van der Waals surface area contributed by atoms with Gasteiger partial charge in [-0.15, -0.1) is 0 Å². The fourth-order valence-corrected chi connectivity index (χ4v) is 2.87. The van der Waals surface area contributed by atoms with E-state index in [2.05, 4.69) is 27.6 Å². The van der Waals surface area contributed by atoms with E-state index in [-0.39, 0.29) is 0 Å². The number of benzene rings is 2. The summed E-state index contributed by atoms with van der Waals surface area (Å²) in [5.74, 6) is 0.872. The predicted octanol–water partition coefficient (Wildman–Crippen LogP) is 4.81. The van der Waals surface area contributed by atoms with Crippen molar-refractivity contribution >= 4 is 27.9 Å². The fraction of sp³-hybridized carbons (Fsp3) is 0. The molecule has 2 nitrogen and oxygen atoms in total. The topological polar surface area (TPSA) is 17.3 Å². The van der Waals surface area contributed by atoms with Crippen molar-refractivity contribution in [3.05, 3.63) is 72.0 Å². The zero-order chi connectivity index (χ0) is 13.5. The van der Waals surface area contributed by atoms with Crippen LogP contribution in [-0.2, 0) is 0 Å². The molecule has 3 heteroatoms. The summed E-state index contributed by atoms with van der Waals surface area (Å²) in [5, 5.41) is 2.83. The average Bonchev–Trinajstić information content (AvgIpc) is 2.86. The van der Waals surface area contributed by atoms with Gasteiger partial charge < -0.3 is 0 Å². The van der Waals surface area contributed by atoms with Crippen LogP contribution in [0.3, 0.4) is 0 Å². The molecular formula is C17H11ClN2. The average molecular weight is 279 g/mol. The van der Waals surface area contributed by atoms with Crippen molar-refractivity contribution in [1.82, 2.24) is 9.38 Å². The van der Waals surface area contributed by atoms with E-state index in [1.165, 1.54) is 5.39 Å². The van der Waals surface area contributed by atoms with Gasteiger partial charge in [-0.25, -0.2) is 4.98 Å². The summed E-state index contributed by atoms with van der Waals surface area (Å²) in [5.41, 5.74) is 2.02. The second-order valence-electron chi connectivity index (χ2n) is 4.71. The van der Waals surface area contributed by atoms with E-state index in [9.17, 15) is 0 Å². The number of hydrogen-bond donors (Lipinski definition) is 0. The van der Waals surface area contributed by atoms with E-state index in [1.54, 1.807) is 0 Å². The smallest absolute Gasteiger partial charge is 0.156 e. The van der Waals surface area contributed by atoms with Gasteiger partial charge in [-0.05, 0) is 11.5 Å². The molecule has 0 atom stereocenters. The molecule has 4 aromatic rings. The first kappa shape index (κ1) is 11.5. The molecule has 2 aromatic carbocycles. The lowest BCUT2D eigenvalue weighted by Crippen LogP contribution is -1.89. The van der Waals surface area contributed by atoms with Crippen LogP contribution in [0.2, 0.25) is 5.15 Å². The van der Waals surface area contributed by atoms with Crippen LogP contribution in [0.4, 0.5) is 0 Å². The lowest BCUT2D eigenvalue weighted by Gasteiger charge is -2.04. The van der Waals surface area contributed by atoms with Gasteiger partial charge in [0.1, 0.15) is 5.82 Å². The molecule has 0 amide bonds. The molecule has 0 saturated carbocycles. The molecular weight excluding hydrogens is 268 g/mol. The fourth-order valence-electron chi connectivity index (χ4n) is 2.59. The largest absolute Gasteiger partial charge is 0.298 e. The van der Waals surface area contributed by atoms with Crippen molar-refractivity contribution in [3.8, 4) is 11.4 Å². The third-order valence-electron chi connectivity index (χ3n) is 3.52. The highest BCUT2D eigenvalue weighted by Gasteiger charge is 2.13. The van der Waals surface area contributed by atoms with Gasteiger partial charge in [-0.2, -0.15) is 0 Å². The molecule has 0 radical (unpaired) electrons. The van der Waals surface area contributed by atoms with Crippen LogP contribution in [0.5, 0.6) is 0 Å². The predicted molar refractivity (Wildman–Crippen MR) is 83.1 cm³/mol. The molecule has 0 aliphatic carbocycles. The van der Waals surface area contributed by atoms with Crippen molar-refractivity contribution in [2.24, 2.45) is 0 Å². The van der Waals surface area contributed by atoms with Gasteiger partial charge in [-0.3, -0.25) is 4.40 Å². The molecule has 96 valence electrons. The van der Waals surface area contributed by atoms with Crippen LogP contribution >= 0.6 is 11.6 Å². The summed E-state index contributed by atoms with van der Waals surface area (Å²) in [7, 11) is 0. The summed E-state index contributed by atoms with van der Waals surface area (Å²) in [6.07, 6.45) is 2.03. The zero-order valence-electron chi connectivity index (χ0n) is 10.6. The summed E-state index contributed by atoms with van der Waals surface area (Å²) in [6.45, 7) is 0.